The lowest BCUT2D eigenvalue weighted by molar-refractivity contribution is 0.100. The van der Waals surface area contributed by atoms with Crippen molar-refractivity contribution in [3.63, 3.8) is 0 Å². The fourth-order valence-electron chi connectivity index (χ4n) is 2.81. The number of nitrogens with zero attached hydrogens (tertiary/aromatic N) is 2. The zero-order valence-electron chi connectivity index (χ0n) is 13.1. The van der Waals surface area contributed by atoms with Crippen LogP contribution in [0.25, 0.3) is 10.9 Å². The molecule has 0 bridgehead atoms. The molecule has 0 radical (unpaired) electrons. The SMILES string of the molecule is CCCN(c1ccccc1)c1ccc(C(N)=O)c2ncccc12. The average Bonchev–Trinajstić information content (AvgIpc) is 2.59. The van der Waals surface area contributed by atoms with E-state index in [1.54, 1.807) is 12.3 Å². The summed E-state index contributed by atoms with van der Waals surface area (Å²) in [4.78, 5) is 18.3. The molecule has 2 N–H and O–H groups in total. The van der Waals surface area contributed by atoms with Crippen LogP contribution in [-0.4, -0.2) is 17.4 Å². The number of rotatable bonds is 5. The predicted molar refractivity (Wildman–Crippen MR) is 94.0 cm³/mol. The van der Waals surface area contributed by atoms with Gasteiger partial charge in [0.2, 0.25) is 0 Å². The Labute approximate surface area is 135 Å². The van der Waals surface area contributed by atoms with Crippen LogP contribution in [0.15, 0.2) is 60.8 Å². The number of nitrogens with two attached hydrogens (primary N) is 1. The van der Waals surface area contributed by atoms with Crippen LogP contribution < -0.4 is 10.6 Å². The number of hydrogen-bond acceptors (Lipinski definition) is 3. The van der Waals surface area contributed by atoms with Crippen LogP contribution in [0.4, 0.5) is 11.4 Å². The van der Waals surface area contributed by atoms with Gasteiger partial charge in [-0.2, -0.15) is 0 Å². The van der Waals surface area contributed by atoms with Crippen molar-refractivity contribution in [1.29, 1.82) is 0 Å². The number of anilines is 2. The molecule has 1 amide bonds. The molecular weight excluding hydrogens is 286 g/mol. The topological polar surface area (TPSA) is 59.2 Å². The smallest absolute Gasteiger partial charge is 0.250 e. The highest BCUT2D eigenvalue weighted by atomic mass is 16.1. The van der Waals surface area contributed by atoms with Crippen molar-refractivity contribution in [3.05, 3.63) is 66.4 Å². The van der Waals surface area contributed by atoms with E-state index >= 15 is 0 Å². The summed E-state index contributed by atoms with van der Waals surface area (Å²) in [7, 11) is 0. The molecule has 0 fully saturated rings. The van der Waals surface area contributed by atoms with Crippen LogP contribution in [0.5, 0.6) is 0 Å². The third kappa shape index (κ3) is 2.88. The molecule has 0 aliphatic heterocycles. The third-order valence-corrected chi connectivity index (χ3v) is 3.82. The second-order valence-corrected chi connectivity index (χ2v) is 5.38. The van der Waals surface area contributed by atoms with Crippen molar-refractivity contribution in [3.8, 4) is 0 Å². The summed E-state index contributed by atoms with van der Waals surface area (Å²) in [6.45, 7) is 3.03. The van der Waals surface area contributed by atoms with E-state index in [4.69, 9.17) is 5.73 Å². The molecule has 4 heteroatoms. The van der Waals surface area contributed by atoms with E-state index in [1.165, 1.54) is 0 Å². The van der Waals surface area contributed by atoms with E-state index in [0.717, 1.165) is 29.7 Å². The minimum Gasteiger partial charge on any atom is -0.366 e. The molecule has 0 aliphatic carbocycles. The molecule has 3 rings (SSSR count). The Morgan fingerprint density at radius 1 is 1.09 bits per heavy atom. The monoisotopic (exact) mass is 305 g/mol. The first-order chi connectivity index (χ1) is 11.2. The van der Waals surface area contributed by atoms with E-state index in [1.807, 2.05) is 36.4 Å². The third-order valence-electron chi connectivity index (χ3n) is 3.82. The maximum Gasteiger partial charge on any atom is 0.250 e. The number of benzene rings is 2. The second kappa shape index (κ2) is 6.48. The van der Waals surface area contributed by atoms with Gasteiger partial charge in [-0.25, -0.2) is 0 Å². The van der Waals surface area contributed by atoms with Gasteiger partial charge in [-0.3, -0.25) is 9.78 Å². The molecule has 116 valence electrons. The van der Waals surface area contributed by atoms with E-state index in [2.05, 4.69) is 28.9 Å². The van der Waals surface area contributed by atoms with Gasteiger partial charge in [-0.1, -0.05) is 25.1 Å². The lowest BCUT2D eigenvalue weighted by atomic mass is 10.1. The molecule has 3 aromatic rings. The van der Waals surface area contributed by atoms with Gasteiger partial charge in [-0.05, 0) is 42.8 Å². The standard InChI is InChI=1S/C19H19N3O/c1-2-13-22(14-7-4-3-5-8-14)17-11-10-16(19(20)23)18-15(17)9-6-12-21-18/h3-12H,2,13H2,1H3,(H2,20,23). The van der Waals surface area contributed by atoms with Crippen molar-refractivity contribution >= 4 is 28.2 Å². The normalized spacial score (nSPS) is 10.7. The molecule has 0 saturated carbocycles. The Morgan fingerprint density at radius 3 is 2.57 bits per heavy atom. The van der Waals surface area contributed by atoms with Gasteiger partial charge in [0.1, 0.15) is 0 Å². The number of hydrogen-bond donors (Lipinski definition) is 1. The minimum atomic E-state index is -0.456. The highest BCUT2D eigenvalue weighted by molar-refractivity contribution is 6.08. The zero-order valence-corrected chi connectivity index (χ0v) is 13.1. The van der Waals surface area contributed by atoms with E-state index in [-0.39, 0.29) is 0 Å². The molecule has 0 spiro atoms. The van der Waals surface area contributed by atoms with Gasteiger partial charge in [-0.15, -0.1) is 0 Å². The first kappa shape index (κ1) is 15.0. The van der Waals surface area contributed by atoms with Crippen molar-refractivity contribution < 1.29 is 4.79 Å². The Kier molecular flexibility index (Phi) is 4.24. The first-order valence-electron chi connectivity index (χ1n) is 7.72. The van der Waals surface area contributed by atoms with Crippen LogP contribution in [0, 0.1) is 0 Å². The van der Waals surface area contributed by atoms with Gasteiger partial charge >= 0.3 is 0 Å². The number of carbonyl (C=O) groups excluding carboxylic acids is 1. The molecular formula is C19H19N3O. The Hall–Kier alpha value is -2.88. The maximum absolute atomic E-state index is 11.7. The number of carbonyl (C=O) groups is 1. The Balaban J connectivity index is 2.22. The summed E-state index contributed by atoms with van der Waals surface area (Å²) in [5, 5.41) is 0.932. The van der Waals surface area contributed by atoms with Crippen LogP contribution in [0.2, 0.25) is 0 Å². The van der Waals surface area contributed by atoms with Crippen molar-refractivity contribution in [2.75, 3.05) is 11.4 Å². The van der Waals surface area contributed by atoms with Crippen LogP contribution in [0.1, 0.15) is 23.7 Å². The Morgan fingerprint density at radius 2 is 1.87 bits per heavy atom. The highest BCUT2D eigenvalue weighted by Gasteiger charge is 2.16. The predicted octanol–water partition coefficient (Wildman–Crippen LogP) is 3.88. The number of aromatic nitrogens is 1. The summed E-state index contributed by atoms with van der Waals surface area (Å²) in [5.74, 6) is -0.456. The zero-order chi connectivity index (χ0) is 16.2. The lowest BCUT2D eigenvalue weighted by Crippen LogP contribution is -2.19. The molecule has 2 aromatic carbocycles. The number of para-hydroxylation sites is 1. The molecule has 23 heavy (non-hydrogen) atoms. The summed E-state index contributed by atoms with van der Waals surface area (Å²) in [6.07, 6.45) is 2.69. The summed E-state index contributed by atoms with van der Waals surface area (Å²) in [6, 6.07) is 17.8. The summed E-state index contributed by atoms with van der Waals surface area (Å²) < 4.78 is 0. The number of primary amides is 1. The molecule has 1 heterocycles. The summed E-state index contributed by atoms with van der Waals surface area (Å²) in [5.41, 5.74) is 8.73. The number of pyridine rings is 1. The molecule has 0 saturated heterocycles. The van der Waals surface area contributed by atoms with Gasteiger partial charge in [0.25, 0.3) is 5.91 Å². The van der Waals surface area contributed by atoms with Gasteiger partial charge in [0, 0.05) is 23.8 Å². The van der Waals surface area contributed by atoms with Crippen molar-refractivity contribution in [2.24, 2.45) is 5.73 Å². The van der Waals surface area contributed by atoms with Crippen LogP contribution >= 0.6 is 0 Å². The van der Waals surface area contributed by atoms with Crippen molar-refractivity contribution in [1.82, 2.24) is 4.98 Å². The van der Waals surface area contributed by atoms with Crippen LogP contribution in [0.3, 0.4) is 0 Å². The maximum atomic E-state index is 11.7. The van der Waals surface area contributed by atoms with E-state index in [0.29, 0.717) is 11.1 Å². The average molecular weight is 305 g/mol. The van der Waals surface area contributed by atoms with Gasteiger partial charge in [0.05, 0.1) is 16.8 Å². The molecule has 0 unspecified atom stereocenters. The van der Waals surface area contributed by atoms with Crippen molar-refractivity contribution in [2.45, 2.75) is 13.3 Å². The number of fused-ring (bicyclic) bond motifs is 1. The molecule has 4 nitrogen and oxygen atoms in total. The lowest BCUT2D eigenvalue weighted by Gasteiger charge is -2.26. The highest BCUT2D eigenvalue weighted by Crippen LogP contribution is 2.33. The van der Waals surface area contributed by atoms with E-state index in [9.17, 15) is 4.79 Å². The van der Waals surface area contributed by atoms with Crippen LogP contribution in [-0.2, 0) is 0 Å². The second-order valence-electron chi connectivity index (χ2n) is 5.38. The molecule has 0 aliphatic rings. The minimum absolute atomic E-state index is 0.453. The molecule has 1 aromatic heterocycles. The quantitative estimate of drug-likeness (QED) is 0.778. The number of amides is 1. The largest absolute Gasteiger partial charge is 0.366 e. The van der Waals surface area contributed by atoms with Gasteiger partial charge < -0.3 is 10.6 Å². The van der Waals surface area contributed by atoms with E-state index < -0.39 is 5.91 Å². The fraction of sp³-hybridized carbons (Fsp3) is 0.158. The summed E-state index contributed by atoms with van der Waals surface area (Å²) >= 11 is 0. The first-order valence-corrected chi connectivity index (χ1v) is 7.72. The Bertz CT molecular complexity index is 830. The molecule has 0 atom stereocenters. The fourth-order valence-corrected chi connectivity index (χ4v) is 2.81. The van der Waals surface area contributed by atoms with Gasteiger partial charge in [0.15, 0.2) is 0 Å².